The quantitative estimate of drug-likeness (QED) is 0.698. The van der Waals surface area contributed by atoms with Crippen LogP contribution in [0.2, 0.25) is 0 Å². The van der Waals surface area contributed by atoms with E-state index in [1.807, 2.05) is 30.3 Å². The van der Waals surface area contributed by atoms with Crippen LogP contribution in [0.5, 0.6) is 5.75 Å². The smallest absolute Gasteiger partial charge is 0.118 e. The fourth-order valence-corrected chi connectivity index (χ4v) is 1.63. The van der Waals surface area contributed by atoms with Crippen LogP contribution >= 0.6 is 0 Å². The maximum Gasteiger partial charge on any atom is 0.118 e. The Bertz CT molecular complexity index is 463. The second-order valence-corrected chi connectivity index (χ2v) is 5.63. The molecule has 0 fully saturated rings. The van der Waals surface area contributed by atoms with E-state index >= 15 is 0 Å². The minimum absolute atomic E-state index is 0.228. The zero-order valence-corrected chi connectivity index (χ0v) is 12.6. The van der Waals surface area contributed by atoms with Crippen molar-refractivity contribution < 1.29 is 4.74 Å². The number of benzene rings is 2. The average Bonchev–Trinajstić information content (AvgIpc) is 2.39. The number of aryl methyl sites for hydroxylation is 1. The molecule has 0 aliphatic heterocycles. The van der Waals surface area contributed by atoms with Crippen molar-refractivity contribution >= 4 is 0 Å². The molecule has 2 aromatic rings. The van der Waals surface area contributed by atoms with Crippen molar-refractivity contribution in [2.45, 2.75) is 33.1 Å². The van der Waals surface area contributed by atoms with E-state index in [9.17, 15) is 0 Å². The molecule has 0 heterocycles. The second-order valence-electron chi connectivity index (χ2n) is 5.63. The second kappa shape index (κ2) is 6.98. The first-order chi connectivity index (χ1) is 8.93. The van der Waals surface area contributed by atoms with Gasteiger partial charge in [-0.3, -0.25) is 0 Å². The molecule has 0 saturated carbocycles. The molecule has 0 aliphatic carbocycles. The van der Waals surface area contributed by atoms with E-state index < -0.39 is 0 Å². The van der Waals surface area contributed by atoms with Gasteiger partial charge in [-0.2, -0.15) is 0 Å². The third-order valence-electron chi connectivity index (χ3n) is 2.90. The lowest BCUT2D eigenvalue weighted by Crippen LogP contribution is -2.10. The molecule has 1 nitrogen and oxygen atoms in total. The summed E-state index contributed by atoms with van der Waals surface area (Å²) in [5.41, 5.74) is 2.89. The molecule has 0 atom stereocenters. The summed E-state index contributed by atoms with van der Waals surface area (Å²) < 4.78 is 5.08. The SMILES string of the molecule is COc1ccc(C(C)(C)C)cc1.Cc1ccccc1. The first kappa shape index (κ1) is 15.3. The summed E-state index contributed by atoms with van der Waals surface area (Å²) in [5, 5.41) is 0. The van der Waals surface area contributed by atoms with Gasteiger partial charge in [0.2, 0.25) is 0 Å². The lowest BCUT2D eigenvalue weighted by Gasteiger charge is -2.18. The summed E-state index contributed by atoms with van der Waals surface area (Å²) in [6, 6.07) is 18.5. The molecule has 0 radical (unpaired) electrons. The number of methoxy groups -OCH3 is 1. The van der Waals surface area contributed by atoms with Gasteiger partial charge in [-0.05, 0) is 30.0 Å². The molecule has 0 aliphatic rings. The van der Waals surface area contributed by atoms with E-state index in [0.29, 0.717) is 0 Å². The Morgan fingerprint density at radius 3 is 1.63 bits per heavy atom. The van der Waals surface area contributed by atoms with Crippen LogP contribution in [0.15, 0.2) is 54.6 Å². The predicted molar refractivity (Wildman–Crippen MR) is 82.9 cm³/mol. The van der Waals surface area contributed by atoms with Crippen LogP contribution < -0.4 is 4.74 Å². The van der Waals surface area contributed by atoms with Gasteiger partial charge in [-0.1, -0.05) is 68.8 Å². The molecule has 0 spiro atoms. The topological polar surface area (TPSA) is 9.23 Å². The molecule has 0 bridgehead atoms. The molecule has 0 unspecified atom stereocenters. The van der Waals surface area contributed by atoms with E-state index in [0.717, 1.165) is 5.75 Å². The van der Waals surface area contributed by atoms with Crippen LogP contribution in [-0.4, -0.2) is 7.11 Å². The van der Waals surface area contributed by atoms with Gasteiger partial charge in [0.1, 0.15) is 5.75 Å². The minimum atomic E-state index is 0.228. The van der Waals surface area contributed by atoms with E-state index in [4.69, 9.17) is 4.74 Å². The summed E-state index contributed by atoms with van der Waals surface area (Å²) in [5.74, 6) is 0.919. The van der Waals surface area contributed by atoms with Gasteiger partial charge in [-0.15, -0.1) is 0 Å². The Kier molecular flexibility index (Phi) is 5.62. The van der Waals surface area contributed by atoms with Crippen LogP contribution in [-0.2, 0) is 5.41 Å². The van der Waals surface area contributed by atoms with Crippen molar-refractivity contribution in [3.8, 4) is 5.75 Å². The number of hydrogen-bond donors (Lipinski definition) is 0. The zero-order valence-electron chi connectivity index (χ0n) is 12.6. The lowest BCUT2D eigenvalue weighted by atomic mass is 9.87. The third-order valence-corrected chi connectivity index (χ3v) is 2.90. The maximum atomic E-state index is 5.08. The number of ether oxygens (including phenoxy) is 1. The van der Waals surface area contributed by atoms with Crippen LogP contribution in [0.3, 0.4) is 0 Å². The first-order valence-electron chi connectivity index (χ1n) is 6.59. The average molecular weight is 256 g/mol. The Morgan fingerprint density at radius 2 is 1.32 bits per heavy atom. The van der Waals surface area contributed by atoms with E-state index in [-0.39, 0.29) is 5.41 Å². The Labute approximate surface area is 117 Å². The van der Waals surface area contributed by atoms with Crippen LogP contribution in [0.4, 0.5) is 0 Å². The zero-order chi connectivity index (χ0) is 14.3. The maximum absolute atomic E-state index is 5.08. The van der Waals surface area contributed by atoms with Crippen LogP contribution in [0.1, 0.15) is 31.9 Å². The minimum Gasteiger partial charge on any atom is -0.497 e. The highest BCUT2D eigenvalue weighted by molar-refractivity contribution is 5.30. The summed E-state index contributed by atoms with van der Waals surface area (Å²) in [6.07, 6.45) is 0. The van der Waals surface area contributed by atoms with E-state index in [1.54, 1.807) is 7.11 Å². The van der Waals surface area contributed by atoms with Gasteiger partial charge in [0.25, 0.3) is 0 Å². The summed E-state index contributed by atoms with van der Waals surface area (Å²) in [7, 11) is 1.69. The normalized spacial score (nSPS) is 10.4. The molecule has 0 aromatic heterocycles. The van der Waals surface area contributed by atoms with Crippen molar-refractivity contribution in [2.75, 3.05) is 7.11 Å². The molecule has 0 N–H and O–H groups in total. The molecule has 102 valence electrons. The lowest BCUT2D eigenvalue weighted by molar-refractivity contribution is 0.414. The molecular formula is C18H24O. The van der Waals surface area contributed by atoms with Crippen LogP contribution in [0.25, 0.3) is 0 Å². The van der Waals surface area contributed by atoms with Gasteiger partial charge in [0, 0.05) is 0 Å². The van der Waals surface area contributed by atoms with Gasteiger partial charge in [0.15, 0.2) is 0 Å². The van der Waals surface area contributed by atoms with Crippen LogP contribution in [0, 0.1) is 6.92 Å². The van der Waals surface area contributed by atoms with Crippen molar-refractivity contribution in [2.24, 2.45) is 0 Å². The highest BCUT2D eigenvalue weighted by Crippen LogP contribution is 2.23. The van der Waals surface area contributed by atoms with Crippen molar-refractivity contribution in [3.05, 3.63) is 65.7 Å². The van der Waals surface area contributed by atoms with Gasteiger partial charge in [-0.25, -0.2) is 0 Å². The Balaban J connectivity index is 0.000000218. The molecule has 2 rings (SSSR count). The molecule has 0 saturated heterocycles. The van der Waals surface area contributed by atoms with Crippen molar-refractivity contribution in [1.29, 1.82) is 0 Å². The predicted octanol–water partition coefficient (Wildman–Crippen LogP) is 4.99. The molecule has 2 aromatic carbocycles. The summed E-state index contributed by atoms with van der Waals surface area (Å²) in [4.78, 5) is 0. The summed E-state index contributed by atoms with van der Waals surface area (Å²) in [6.45, 7) is 8.69. The van der Waals surface area contributed by atoms with E-state index in [2.05, 4.69) is 52.0 Å². The standard InChI is InChI=1S/C11H16O.C7H8/c1-11(2,3)9-5-7-10(12-4)8-6-9;1-7-5-3-2-4-6-7/h5-8H,1-4H3;2-6H,1H3. The largest absolute Gasteiger partial charge is 0.497 e. The van der Waals surface area contributed by atoms with Gasteiger partial charge < -0.3 is 4.74 Å². The molecular weight excluding hydrogens is 232 g/mol. The fourth-order valence-electron chi connectivity index (χ4n) is 1.63. The molecule has 0 amide bonds. The Morgan fingerprint density at radius 1 is 0.789 bits per heavy atom. The van der Waals surface area contributed by atoms with Crippen molar-refractivity contribution in [1.82, 2.24) is 0 Å². The third kappa shape index (κ3) is 5.60. The highest BCUT2D eigenvalue weighted by atomic mass is 16.5. The van der Waals surface area contributed by atoms with Gasteiger partial charge in [0.05, 0.1) is 7.11 Å². The molecule has 19 heavy (non-hydrogen) atoms. The monoisotopic (exact) mass is 256 g/mol. The van der Waals surface area contributed by atoms with Gasteiger partial charge >= 0.3 is 0 Å². The number of hydrogen-bond acceptors (Lipinski definition) is 1. The summed E-state index contributed by atoms with van der Waals surface area (Å²) >= 11 is 0. The molecule has 1 heteroatoms. The highest BCUT2D eigenvalue weighted by Gasteiger charge is 2.12. The first-order valence-corrected chi connectivity index (χ1v) is 6.59. The van der Waals surface area contributed by atoms with Crippen molar-refractivity contribution in [3.63, 3.8) is 0 Å². The Hall–Kier alpha value is -1.76. The fraction of sp³-hybridized carbons (Fsp3) is 0.333. The number of rotatable bonds is 1. The van der Waals surface area contributed by atoms with E-state index in [1.165, 1.54) is 11.1 Å².